The van der Waals surface area contributed by atoms with E-state index >= 15 is 0 Å². The number of carbonyl (C=O) groups excluding carboxylic acids is 2. The molecule has 0 aromatic carbocycles. The molecular formula is C70H129N2O7P. The number of rotatable bonds is 61. The zero-order valence-corrected chi connectivity index (χ0v) is 54.2. The lowest BCUT2D eigenvalue weighted by atomic mass is 10.0. The highest BCUT2D eigenvalue weighted by atomic mass is 31.2. The molecule has 0 saturated carbocycles. The zero-order chi connectivity index (χ0) is 58.6. The number of nitrogens with zero attached hydrogens (tertiary/aromatic N) is 1. The number of hydrogen-bond donors (Lipinski definition) is 1. The van der Waals surface area contributed by atoms with Gasteiger partial charge in [-0.3, -0.25) is 14.2 Å². The van der Waals surface area contributed by atoms with Crippen LogP contribution < -0.4 is 10.2 Å². The smallest absolute Gasteiger partial charge is 0.306 e. The van der Waals surface area contributed by atoms with Gasteiger partial charge in [-0.1, -0.05) is 267 Å². The first-order chi connectivity index (χ1) is 38.9. The van der Waals surface area contributed by atoms with Crippen LogP contribution in [0.5, 0.6) is 0 Å². The molecule has 9 nitrogen and oxygen atoms in total. The Hall–Kier alpha value is -2.55. The third-order valence-corrected chi connectivity index (χ3v) is 15.8. The molecule has 466 valence electrons. The first-order valence-corrected chi connectivity index (χ1v) is 35.2. The Kier molecular flexibility index (Phi) is 57.7. The van der Waals surface area contributed by atoms with E-state index in [0.717, 1.165) is 89.9 Å². The second kappa shape index (κ2) is 59.6. The van der Waals surface area contributed by atoms with E-state index in [9.17, 15) is 19.0 Å². The van der Waals surface area contributed by atoms with Crippen LogP contribution in [0.25, 0.3) is 0 Å². The Bertz CT molecular complexity index is 1600. The van der Waals surface area contributed by atoms with E-state index in [4.69, 9.17) is 13.8 Å². The summed E-state index contributed by atoms with van der Waals surface area (Å²) in [4.78, 5) is 40.1. The lowest BCUT2D eigenvalue weighted by Crippen LogP contribution is -2.47. The van der Waals surface area contributed by atoms with Gasteiger partial charge in [0.15, 0.2) is 0 Å². The third-order valence-electron chi connectivity index (χ3n) is 14.9. The summed E-state index contributed by atoms with van der Waals surface area (Å²) in [7, 11) is 1.17. The first kappa shape index (κ1) is 77.5. The molecular weight excluding hydrogens is 1010 g/mol. The molecule has 1 N–H and O–H groups in total. The fraction of sp³-hybridized carbons (Fsp3) is 0.800. The van der Waals surface area contributed by atoms with Gasteiger partial charge in [-0.15, -0.1) is 0 Å². The molecule has 0 spiro atoms. The second-order valence-electron chi connectivity index (χ2n) is 24.0. The number of phosphoric acid groups is 1. The summed E-state index contributed by atoms with van der Waals surface area (Å²) in [6, 6.07) is -0.899. The SMILES string of the molecule is CCCCC/C=C\C/C=C\C/C=C\C/C=C\CCCCCCCC(=O)OC(/C=C/CCCCCCCCCCCC)C(COP(=O)([O-])OCC[N+](C)(C)C)NC(=O)CCCCCCCCCCCCC/C=C/CCCCCCCC. The van der Waals surface area contributed by atoms with E-state index in [2.05, 4.69) is 86.8 Å². The number of hydrogen-bond acceptors (Lipinski definition) is 7. The molecule has 0 heterocycles. The van der Waals surface area contributed by atoms with Gasteiger partial charge >= 0.3 is 5.97 Å². The predicted molar refractivity (Wildman–Crippen MR) is 344 cm³/mol. The monoisotopic (exact) mass is 1140 g/mol. The minimum Gasteiger partial charge on any atom is -0.756 e. The number of unbranched alkanes of at least 4 members (excludes halogenated alkanes) is 35. The van der Waals surface area contributed by atoms with Gasteiger partial charge in [-0.05, 0) is 102 Å². The maximum atomic E-state index is 13.6. The Labute approximate surface area is 495 Å². The number of allylic oxidation sites excluding steroid dienone is 11. The molecule has 0 fully saturated rings. The molecule has 0 aliphatic carbocycles. The zero-order valence-electron chi connectivity index (χ0n) is 53.3. The van der Waals surface area contributed by atoms with Crippen molar-refractivity contribution in [1.29, 1.82) is 0 Å². The van der Waals surface area contributed by atoms with Crippen LogP contribution in [0.1, 0.15) is 310 Å². The fourth-order valence-electron chi connectivity index (χ4n) is 9.62. The molecule has 0 radical (unpaired) electrons. The second-order valence-corrected chi connectivity index (χ2v) is 25.4. The molecule has 10 heteroatoms. The van der Waals surface area contributed by atoms with Crippen LogP contribution in [-0.4, -0.2) is 69.4 Å². The summed E-state index contributed by atoms with van der Waals surface area (Å²) >= 11 is 0. The summed E-state index contributed by atoms with van der Waals surface area (Å²) in [5, 5.41) is 3.03. The van der Waals surface area contributed by atoms with Gasteiger partial charge in [0.1, 0.15) is 19.3 Å². The Morgan fingerprint density at radius 3 is 1.18 bits per heavy atom. The van der Waals surface area contributed by atoms with Crippen molar-refractivity contribution in [3.8, 4) is 0 Å². The van der Waals surface area contributed by atoms with Crippen LogP contribution in [0, 0.1) is 0 Å². The van der Waals surface area contributed by atoms with Crippen LogP contribution in [-0.2, 0) is 27.9 Å². The van der Waals surface area contributed by atoms with Crippen molar-refractivity contribution in [2.75, 3.05) is 40.9 Å². The van der Waals surface area contributed by atoms with Crippen molar-refractivity contribution in [1.82, 2.24) is 5.32 Å². The molecule has 0 aliphatic rings. The summed E-state index contributed by atoms with van der Waals surface area (Å²) < 4.78 is 30.4. The van der Waals surface area contributed by atoms with Crippen molar-refractivity contribution >= 4 is 19.7 Å². The van der Waals surface area contributed by atoms with E-state index in [1.807, 2.05) is 33.3 Å². The predicted octanol–water partition coefficient (Wildman–Crippen LogP) is 20.5. The van der Waals surface area contributed by atoms with Crippen LogP contribution >= 0.6 is 7.82 Å². The average molecular weight is 1140 g/mol. The van der Waals surface area contributed by atoms with Gasteiger partial charge in [-0.25, -0.2) is 0 Å². The first-order valence-electron chi connectivity index (χ1n) is 33.7. The van der Waals surface area contributed by atoms with E-state index in [-0.39, 0.29) is 24.9 Å². The highest BCUT2D eigenvalue weighted by molar-refractivity contribution is 7.45. The summed E-state index contributed by atoms with van der Waals surface area (Å²) in [6.45, 7) is 6.82. The number of ether oxygens (including phenoxy) is 1. The van der Waals surface area contributed by atoms with Gasteiger partial charge in [0.05, 0.1) is 33.8 Å². The van der Waals surface area contributed by atoms with E-state index in [0.29, 0.717) is 23.9 Å². The lowest BCUT2D eigenvalue weighted by Gasteiger charge is -2.30. The molecule has 0 aliphatic heterocycles. The van der Waals surface area contributed by atoms with Gasteiger partial charge in [-0.2, -0.15) is 0 Å². The van der Waals surface area contributed by atoms with Crippen LogP contribution in [0.3, 0.4) is 0 Å². The quantitative estimate of drug-likeness (QED) is 0.0212. The molecule has 0 saturated heterocycles. The lowest BCUT2D eigenvalue weighted by molar-refractivity contribution is -0.870. The van der Waals surface area contributed by atoms with Crippen LogP contribution in [0.2, 0.25) is 0 Å². The molecule has 0 aromatic heterocycles. The highest BCUT2D eigenvalue weighted by Gasteiger charge is 2.27. The standard InChI is InChI=1S/C70H129N2O7P/c1-7-10-13-16-19-22-25-28-30-32-34-36-38-40-42-44-47-50-53-56-59-62-69(73)71-67(66-78-80(75,76)77-65-64-72(4,5)6)68(61-58-55-52-49-46-27-24-21-18-15-12-9-3)79-70(74)63-60-57-54-51-48-45-43-41-39-37-35-33-31-29-26-23-20-17-14-11-8-2/h20,23,28-31,35,37,41,43,58,61,67-68H,7-19,21-22,24-27,32-34,36,38-40,42,44-57,59-60,62-66H2,1-6H3,(H-,71,73,75,76)/b23-20-,30-28+,31-29-,37-35-,43-41-,61-58+. The summed E-state index contributed by atoms with van der Waals surface area (Å²) in [5.74, 6) is -0.556. The van der Waals surface area contributed by atoms with Crippen molar-refractivity contribution in [3.05, 3.63) is 72.9 Å². The Morgan fingerprint density at radius 2 is 0.762 bits per heavy atom. The minimum atomic E-state index is -4.71. The highest BCUT2D eigenvalue weighted by Crippen LogP contribution is 2.38. The van der Waals surface area contributed by atoms with Crippen molar-refractivity contribution in [2.24, 2.45) is 0 Å². The Morgan fingerprint density at radius 1 is 0.438 bits per heavy atom. The number of likely N-dealkylation sites (N-methyl/N-ethyl adjacent to an activating group) is 1. The molecule has 3 atom stereocenters. The average Bonchev–Trinajstić information content (AvgIpc) is 3.42. The van der Waals surface area contributed by atoms with Gasteiger partial charge < -0.3 is 28.5 Å². The molecule has 0 rings (SSSR count). The molecule has 80 heavy (non-hydrogen) atoms. The number of quaternary nitrogens is 1. The van der Waals surface area contributed by atoms with Crippen molar-refractivity contribution < 1.29 is 37.3 Å². The van der Waals surface area contributed by atoms with Crippen molar-refractivity contribution in [2.45, 2.75) is 322 Å². The number of carbonyl (C=O) groups is 2. The normalized spacial score (nSPS) is 14.0. The number of phosphoric ester groups is 1. The molecule has 0 bridgehead atoms. The summed E-state index contributed by atoms with van der Waals surface area (Å²) in [6.07, 6.45) is 77.2. The Balaban J connectivity index is 5.19. The number of nitrogens with one attached hydrogen (secondary N) is 1. The van der Waals surface area contributed by atoms with E-state index in [1.165, 1.54) is 180 Å². The molecule has 3 unspecified atom stereocenters. The maximum Gasteiger partial charge on any atom is 0.306 e. The van der Waals surface area contributed by atoms with E-state index in [1.54, 1.807) is 0 Å². The van der Waals surface area contributed by atoms with Gasteiger partial charge in [0, 0.05) is 12.8 Å². The largest absolute Gasteiger partial charge is 0.756 e. The van der Waals surface area contributed by atoms with Crippen LogP contribution in [0.15, 0.2) is 72.9 Å². The van der Waals surface area contributed by atoms with Crippen molar-refractivity contribution in [3.63, 3.8) is 0 Å². The third kappa shape index (κ3) is 60.1. The fourth-order valence-corrected chi connectivity index (χ4v) is 10.3. The van der Waals surface area contributed by atoms with Gasteiger partial charge in [0.2, 0.25) is 5.91 Å². The van der Waals surface area contributed by atoms with Crippen LogP contribution in [0.4, 0.5) is 0 Å². The number of amides is 1. The number of esters is 1. The minimum absolute atomic E-state index is 0.0273. The topological polar surface area (TPSA) is 114 Å². The maximum absolute atomic E-state index is 13.6. The van der Waals surface area contributed by atoms with Gasteiger partial charge in [0.25, 0.3) is 7.82 Å². The molecule has 0 aromatic rings. The van der Waals surface area contributed by atoms with E-state index < -0.39 is 26.6 Å². The molecule has 1 amide bonds. The summed E-state index contributed by atoms with van der Waals surface area (Å²) in [5.41, 5.74) is 0.